The Kier molecular flexibility index (Phi) is 5.78. The second kappa shape index (κ2) is 8.24. The molecule has 1 aromatic heterocycles. The molecule has 0 atom stereocenters. The highest BCUT2D eigenvalue weighted by Crippen LogP contribution is 2.27. The first-order valence-corrected chi connectivity index (χ1v) is 8.69. The number of hydrogen-bond acceptors (Lipinski definition) is 4. The molecule has 0 aliphatic carbocycles. The van der Waals surface area contributed by atoms with E-state index in [2.05, 4.69) is 15.3 Å². The maximum atomic E-state index is 12.3. The minimum atomic E-state index is -0.377. The molecule has 0 aliphatic heterocycles. The van der Waals surface area contributed by atoms with Crippen molar-refractivity contribution in [3.05, 3.63) is 74.6 Å². The molecule has 2 aromatic carbocycles. The number of amides is 1. The van der Waals surface area contributed by atoms with Crippen LogP contribution in [0.1, 0.15) is 5.56 Å². The number of hydrogen-bond donors (Lipinski definition) is 2. The molecule has 0 radical (unpaired) electrons. The van der Waals surface area contributed by atoms with Crippen molar-refractivity contribution in [3.8, 4) is 17.1 Å². The Labute approximate surface area is 165 Å². The van der Waals surface area contributed by atoms with Gasteiger partial charge in [-0.3, -0.25) is 9.59 Å². The largest absolute Gasteiger partial charge is 0.495 e. The average Bonchev–Trinajstić information content (AvgIpc) is 2.64. The normalized spacial score (nSPS) is 10.5. The number of benzene rings is 2. The molecule has 8 heteroatoms. The van der Waals surface area contributed by atoms with Crippen LogP contribution >= 0.6 is 23.2 Å². The van der Waals surface area contributed by atoms with Gasteiger partial charge >= 0.3 is 0 Å². The number of carbonyl (C=O) groups excluding carboxylic acids is 1. The summed E-state index contributed by atoms with van der Waals surface area (Å²) in [7, 11) is 1.51. The third-order valence-corrected chi connectivity index (χ3v) is 4.32. The fraction of sp³-hybridized carbons (Fsp3) is 0.105. The Morgan fingerprint density at radius 1 is 1.19 bits per heavy atom. The number of aromatic amines is 1. The summed E-state index contributed by atoms with van der Waals surface area (Å²) < 4.78 is 5.06. The van der Waals surface area contributed by atoms with Gasteiger partial charge < -0.3 is 15.0 Å². The minimum Gasteiger partial charge on any atom is -0.495 e. The van der Waals surface area contributed by atoms with E-state index in [0.717, 1.165) is 5.56 Å². The van der Waals surface area contributed by atoms with Crippen molar-refractivity contribution in [1.82, 2.24) is 9.97 Å². The monoisotopic (exact) mass is 403 g/mol. The Morgan fingerprint density at radius 3 is 2.56 bits per heavy atom. The molecule has 3 rings (SSSR count). The van der Waals surface area contributed by atoms with Crippen LogP contribution in [-0.4, -0.2) is 23.0 Å². The Morgan fingerprint density at radius 2 is 1.93 bits per heavy atom. The zero-order valence-corrected chi connectivity index (χ0v) is 15.8. The maximum absolute atomic E-state index is 12.3. The predicted molar refractivity (Wildman–Crippen MR) is 106 cm³/mol. The molecule has 0 saturated heterocycles. The predicted octanol–water partition coefficient (Wildman–Crippen LogP) is 3.93. The van der Waals surface area contributed by atoms with Crippen LogP contribution in [0, 0.1) is 0 Å². The minimum absolute atomic E-state index is 0.118. The SMILES string of the molecule is COc1ccc(NC(=O)Cc2cnc(-c3ccc(Cl)cc3)[nH]c2=O)cc1Cl. The fourth-order valence-corrected chi connectivity index (χ4v) is 2.81. The van der Waals surface area contributed by atoms with Crippen molar-refractivity contribution < 1.29 is 9.53 Å². The van der Waals surface area contributed by atoms with E-state index >= 15 is 0 Å². The van der Waals surface area contributed by atoms with E-state index in [1.807, 2.05) is 0 Å². The number of rotatable bonds is 5. The molecule has 0 aliphatic rings. The second-order valence-corrected chi connectivity index (χ2v) is 6.51. The van der Waals surface area contributed by atoms with Gasteiger partial charge in [-0.1, -0.05) is 23.2 Å². The molecule has 0 bridgehead atoms. The van der Waals surface area contributed by atoms with E-state index < -0.39 is 0 Å². The summed E-state index contributed by atoms with van der Waals surface area (Å²) in [6, 6.07) is 11.8. The topological polar surface area (TPSA) is 84.1 Å². The van der Waals surface area contributed by atoms with Crippen LogP contribution < -0.4 is 15.6 Å². The number of anilines is 1. The van der Waals surface area contributed by atoms with Gasteiger partial charge in [-0.25, -0.2) is 4.98 Å². The van der Waals surface area contributed by atoms with Crippen molar-refractivity contribution in [1.29, 1.82) is 0 Å². The summed E-state index contributed by atoms with van der Waals surface area (Å²) in [4.78, 5) is 31.4. The molecule has 1 amide bonds. The molecule has 0 unspecified atom stereocenters. The van der Waals surface area contributed by atoms with Gasteiger partial charge in [-0.05, 0) is 42.5 Å². The number of carbonyl (C=O) groups is 1. The first-order chi connectivity index (χ1) is 13.0. The van der Waals surface area contributed by atoms with Gasteiger partial charge in [0, 0.05) is 28.0 Å². The van der Waals surface area contributed by atoms with E-state index in [1.165, 1.54) is 13.3 Å². The van der Waals surface area contributed by atoms with Crippen molar-refractivity contribution in [2.45, 2.75) is 6.42 Å². The molecule has 138 valence electrons. The number of nitrogens with zero attached hydrogens (tertiary/aromatic N) is 1. The highest BCUT2D eigenvalue weighted by atomic mass is 35.5. The lowest BCUT2D eigenvalue weighted by Gasteiger charge is -2.08. The summed E-state index contributed by atoms with van der Waals surface area (Å²) in [5, 5.41) is 3.66. The molecule has 0 fully saturated rings. The van der Waals surface area contributed by atoms with Crippen LogP contribution in [0.25, 0.3) is 11.4 Å². The van der Waals surface area contributed by atoms with Crippen LogP contribution in [0.3, 0.4) is 0 Å². The second-order valence-electron chi connectivity index (χ2n) is 5.67. The zero-order valence-electron chi connectivity index (χ0n) is 14.3. The molecule has 0 saturated carbocycles. The molecule has 6 nitrogen and oxygen atoms in total. The molecule has 0 spiro atoms. The van der Waals surface area contributed by atoms with Gasteiger partial charge in [0.1, 0.15) is 11.6 Å². The van der Waals surface area contributed by atoms with Crippen molar-refractivity contribution in [2.24, 2.45) is 0 Å². The summed E-state index contributed by atoms with van der Waals surface area (Å²) in [5.41, 5.74) is 1.11. The Hall–Kier alpha value is -2.83. The van der Waals surface area contributed by atoms with Crippen LogP contribution in [-0.2, 0) is 11.2 Å². The molecular weight excluding hydrogens is 389 g/mol. The Balaban J connectivity index is 1.72. The third-order valence-electron chi connectivity index (χ3n) is 3.78. The summed E-state index contributed by atoms with van der Waals surface area (Å²) in [6.07, 6.45) is 1.27. The van der Waals surface area contributed by atoms with Crippen LogP contribution in [0.15, 0.2) is 53.5 Å². The van der Waals surface area contributed by atoms with E-state index in [-0.39, 0.29) is 23.5 Å². The average molecular weight is 404 g/mol. The van der Waals surface area contributed by atoms with Gasteiger partial charge in [0.25, 0.3) is 5.56 Å². The summed E-state index contributed by atoms with van der Waals surface area (Å²) in [6.45, 7) is 0. The van der Waals surface area contributed by atoms with Crippen LogP contribution in [0.2, 0.25) is 10.0 Å². The van der Waals surface area contributed by atoms with Gasteiger partial charge in [-0.15, -0.1) is 0 Å². The van der Waals surface area contributed by atoms with Crippen molar-refractivity contribution in [2.75, 3.05) is 12.4 Å². The molecular formula is C19H15Cl2N3O3. The number of nitrogens with one attached hydrogen (secondary N) is 2. The number of aromatic nitrogens is 2. The molecule has 3 aromatic rings. The smallest absolute Gasteiger partial charge is 0.254 e. The van der Waals surface area contributed by atoms with E-state index in [1.54, 1.807) is 42.5 Å². The van der Waals surface area contributed by atoms with E-state index in [4.69, 9.17) is 27.9 Å². The number of halogens is 2. The maximum Gasteiger partial charge on any atom is 0.254 e. The lowest BCUT2D eigenvalue weighted by Crippen LogP contribution is -2.22. The van der Waals surface area contributed by atoms with Crippen LogP contribution in [0.5, 0.6) is 5.75 Å². The van der Waals surface area contributed by atoms with Crippen molar-refractivity contribution in [3.63, 3.8) is 0 Å². The molecule has 27 heavy (non-hydrogen) atoms. The molecule has 2 N–H and O–H groups in total. The van der Waals surface area contributed by atoms with Gasteiger partial charge in [-0.2, -0.15) is 0 Å². The van der Waals surface area contributed by atoms with Crippen molar-refractivity contribution >= 4 is 34.8 Å². The zero-order chi connectivity index (χ0) is 19.4. The number of H-pyrrole nitrogens is 1. The van der Waals surface area contributed by atoms with Gasteiger partial charge in [0.2, 0.25) is 5.91 Å². The lowest BCUT2D eigenvalue weighted by molar-refractivity contribution is -0.115. The highest BCUT2D eigenvalue weighted by molar-refractivity contribution is 6.32. The summed E-state index contributed by atoms with van der Waals surface area (Å²) in [5.74, 6) is 0.554. The third kappa shape index (κ3) is 4.67. The highest BCUT2D eigenvalue weighted by Gasteiger charge is 2.11. The Bertz CT molecular complexity index is 1030. The molecule has 1 heterocycles. The fourth-order valence-electron chi connectivity index (χ4n) is 2.42. The van der Waals surface area contributed by atoms with Gasteiger partial charge in [0.05, 0.1) is 18.6 Å². The number of methoxy groups -OCH3 is 1. The van der Waals surface area contributed by atoms with E-state index in [0.29, 0.717) is 27.3 Å². The quantitative estimate of drug-likeness (QED) is 0.675. The summed E-state index contributed by atoms with van der Waals surface area (Å²) >= 11 is 11.9. The first kappa shape index (κ1) is 18.9. The number of ether oxygens (including phenoxy) is 1. The standard InChI is InChI=1S/C19H15Cl2N3O3/c1-27-16-7-6-14(9-15(16)21)23-17(25)8-12-10-22-18(24-19(12)26)11-2-4-13(20)5-3-11/h2-7,9-10H,8H2,1H3,(H,23,25)(H,22,24,26). The lowest BCUT2D eigenvalue weighted by atomic mass is 10.2. The van der Waals surface area contributed by atoms with E-state index in [9.17, 15) is 9.59 Å². The van der Waals surface area contributed by atoms with Gasteiger partial charge in [0.15, 0.2) is 0 Å². The first-order valence-electron chi connectivity index (χ1n) is 7.94. The van der Waals surface area contributed by atoms with Crippen LogP contribution in [0.4, 0.5) is 5.69 Å².